The number of rotatable bonds is 3. The highest BCUT2D eigenvalue weighted by atomic mass is 35.5. The Hall–Kier alpha value is -2.60. The highest BCUT2D eigenvalue weighted by Crippen LogP contribution is 2.37. The maximum Gasteiger partial charge on any atom is 0.354 e. The van der Waals surface area contributed by atoms with E-state index in [-0.39, 0.29) is 11.3 Å². The van der Waals surface area contributed by atoms with Gasteiger partial charge in [-0.05, 0) is 24.3 Å². The number of carboxylic acids is 1. The average Bonchev–Trinajstić information content (AvgIpc) is 2.99. The lowest BCUT2D eigenvalue weighted by Gasteiger charge is -2.11. The molecule has 2 N–H and O–H groups in total. The van der Waals surface area contributed by atoms with Crippen LogP contribution >= 0.6 is 11.6 Å². The van der Waals surface area contributed by atoms with E-state index in [0.29, 0.717) is 29.5 Å². The fourth-order valence-electron chi connectivity index (χ4n) is 2.22. The molecule has 0 radical (unpaired) electrons. The number of halogens is 1. The smallest absolute Gasteiger partial charge is 0.354 e. The molecule has 2 heterocycles. The number of pyridine rings is 1. The van der Waals surface area contributed by atoms with Gasteiger partial charge in [-0.3, -0.25) is 4.79 Å². The highest BCUT2D eigenvalue weighted by molar-refractivity contribution is 6.34. The van der Waals surface area contributed by atoms with E-state index >= 15 is 0 Å². The summed E-state index contributed by atoms with van der Waals surface area (Å²) in [5.41, 5.74) is 1.50. The van der Waals surface area contributed by atoms with Gasteiger partial charge in [0, 0.05) is 18.2 Å². The van der Waals surface area contributed by atoms with Crippen LogP contribution in [0.2, 0.25) is 5.02 Å². The molecule has 0 aliphatic carbocycles. The lowest BCUT2D eigenvalue weighted by molar-refractivity contribution is 0.0690. The third-order valence-corrected chi connectivity index (χ3v) is 3.63. The Balaban J connectivity index is 1.86. The van der Waals surface area contributed by atoms with Crippen molar-refractivity contribution in [3.8, 4) is 5.75 Å². The lowest BCUT2D eigenvalue weighted by Crippen LogP contribution is -2.14. The molecule has 0 saturated carbocycles. The molecule has 7 heteroatoms. The number of fused-ring (bicyclic) bond motifs is 1. The number of amides is 1. The molecule has 0 atom stereocenters. The van der Waals surface area contributed by atoms with Crippen molar-refractivity contribution in [1.82, 2.24) is 4.98 Å². The number of nitrogens with one attached hydrogen (secondary N) is 1. The second-order valence-electron chi connectivity index (χ2n) is 4.69. The number of anilines is 1. The van der Waals surface area contributed by atoms with E-state index in [4.69, 9.17) is 21.4 Å². The Morgan fingerprint density at radius 3 is 2.77 bits per heavy atom. The normalized spacial score (nSPS) is 12.4. The van der Waals surface area contributed by atoms with Crippen molar-refractivity contribution in [1.29, 1.82) is 0 Å². The van der Waals surface area contributed by atoms with Gasteiger partial charge in [-0.15, -0.1) is 0 Å². The number of carbonyl (C=O) groups excluding carboxylic acids is 1. The van der Waals surface area contributed by atoms with Crippen molar-refractivity contribution >= 4 is 29.2 Å². The number of hydrogen-bond donors (Lipinski definition) is 2. The zero-order chi connectivity index (χ0) is 15.7. The van der Waals surface area contributed by atoms with Crippen molar-refractivity contribution in [2.45, 2.75) is 6.42 Å². The second-order valence-corrected chi connectivity index (χ2v) is 5.10. The van der Waals surface area contributed by atoms with Crippen LogP contribution in [-0.2, 0) is 6.42 Å². The summed E-state index contributed by atoms with van der Waals surface area (Å²) in [6.07, 6.45) is 1.88. The highest BCUT2D eigenvalue weighted by Gasteiger charge is 2.20. The molecule has 6 nitrogen and oxygen atoms in total. The molecule has 1 aliphatic heterocycles. The zero-order valence-electron chi connectivity index (χ0n) is 11.3. The Kier molecular flexibility index (Phi) is 3.68. The molecule has 0 bridgehead atoms. The largest absolute Gasteiger partial charge is 0.493 e. The number of nitrogens with zero attached hydrogens (tertiary/aromatic N) is 1. The number of ether oxygens (including phenoxy) is 1. The van der Waals surface area contributed by atoms with Gasteiger partial charge in [-0.2, -0.15) is 0 Å². The zero-order valence-corrected chi connectivity index (χ0v) is 12.1. The number of carboxylic acid groups (broad SMARTS) is 1. The maximum absolute atomic E-state index is 12.2. The minimum Gasteiger partial charge on any atom is -0.493 e. The number of hydrogen-bond acceptors (Lipinski definition) is 4. The first-order chi connectivity index (χ1) is 10.6. The van der Waals surface area contributed by atoms with Crippen LogP contribution in [0.1, 0.15) is 26.4 Å². The van der Waals surface area contributed by atoms with Crippen LogP contribution in [0.25, 0.3) is 0 Å². The summed E-state index contributed by atoms with van der Waals surface area (Å²) >= 11 is 6.14. The van der Waals surface area contributed by atoms with E-state index < -0.39 is 11.9 Å². The van der Waals surface area contributed by atoms with Gasteiger partial charge in [0.05, 0.1) is 22.9 Å². The van der Waals surface area contributed by atoms with Crippen molar-refractivity contribution in [3.63, 3.8) is 0 Å². The summed E-state index contributed by atoms with van der Waals surface area (Å²) in [6, 6.07) is 6.10. The van der Waals surface area contributed by atoms with Crippen LogP contribution < -0.4 is 10.1 Å². The molecule has 0 saturated heterocycles. The fourth-order valence-corrected chi connectivity index (χ4v) is 2.45. The molecule has 112 valence electrons. The Morgan fingerprint density at radius 2 is 2.09 bits per heavy atom. The summed E-state index contributed by atoms with van der Waals surface area (Å²) in [6.45, 7) is 0.549. The number of aromatic nitrogens is 1. The van der Waals surface area contributed by atoms with Crippen molar-refractivity contribution in [3.05, 3.63) is 52.3 Å². The molecule has 22 heavy (non-hydrogen) atoms. The standard InChI is InChI=1S/C15H11ClN2O4/c16-10-2-4-12-9(5-6-22-12)13(10)18-14(19)8-1-3-11(15(20)21)17-7-8/h1-4,7H,5-6H2,(H,18,19)(H,20,21). The third kappa shape index (κ3) is 2.60. The van der Waals surface area contributed by atoms with Gasteiger partial charge >= 0.3 is 5.97 Å². The SMILES string of the molecule is O=C(Nc1c(Cl)ccc2c1CCO2)c1ccc(C(=O)O)nc1. The lowest BCUT2D eigenvalue weighted by atomic mass is 10.1. The van der Waals surface area contributed by atoms with Crippen molar-refractivity contribution < 1.29 is 19.4 Å². The summed E-state index contributed by atoms with van der Waals surface area (Å²) in [4.78, 5) is 26.7. The minimum atomic E-state index is -1.15. The Labute approximate surface area is 130 Å². The molecular formula is C15H11ClN2O4. The second kappa shape index (κ2) is 5.65. The molecule has 1 aromatic carbocycles. The van der Waals surface area contributed by atoms with Gasteiger partial charge in [-0.1, -0.05) is 11.6 Å². The van der Waals surface area contributed by atoms with Crippen molar-refractivity contribution in [2.75, 3.05) is 11.9 Å². The third-order valence-electron chi connectivity index (χ3n) is 3.31. The molecule has 2 aromatic rings. The number of aromatic carboxylic acids is 1. The van der Waals surface area contributed by atoms with Gasteiger partial charge in [0.15, 0.2) is 0 Å². The van der Waals surface area contributed by atoms with E-state index in [9.17, 15) is 9.59 Å². The minimum absolute atomic E-state index is 0.122. The summed E-state index contributed by atoms with van der Waals surface area (Å²) in [7, 11) is 0. The van der Waals surface area contributed by atoms with Crippen LogP contribution in [0.5, 0.6) is 5.75 Å². The van der Waals surface area contributed by atoms with E-state index in [1.54, 1.807) is 12.1 Å². The van der Waals surface area contributed by atoms with E-state index in [0.717, 1.165) is 5.56 Å². The van der Waals surface area contributed by atoms with E-state index in [1.807, 2.05) is 0 Å². The molecule has 1 amide bonds. The first kappa shape index (κ1) is 14.3. The molecule has 1 aliphatic rings. The summed E-state index contributed by atoms with van der Waals surface area (Å²) < 4.78 is 5.44. The molecule has 0 spiro atoms. The predicted octanol–water partition coefficient (Wildman–Crippen LogP) is 2.62. The summed E-state index contributed by atoms with van der Waals surface area (Å²) in [5.74, 6) is -0.848. The first-order valence-electron chi connectivity index (χ1n) is 6.51. The molecule has 3 rings (SSSR count). The molecule has 0 unspecified atom stereocenters. The van der Waals surface area contributed by atoms with Crippen LogP contribution in [0.3, 0.4) is 0 Å². The number of benzene rings is 1. The van der Waals surface area contributed by atoms with Crippen LogP contribution in [-0.4, -0.2) is 28.6 Å². The van der Waals surface area contributed by atoms with Gasteiger partial charge in [0.2, 0.25) is 0 Å². The molecular weight excluding hydrogens is 308 g/mol. The Bertz CT molecular complexity index is 759. The van der Waals surface area contributed by atoms with Gasteiger partial charge < -0.3 is 15.2 Å². The maximum atomic E-state index is 12.2. The van der Waals surface area contributed by atoms with Crippen molar-refractivity contribution in [2.24, 2.45) is 0 Å². The van der Waals surface area contributed by atoms with Gasteiger partial charge in [-0.25, -0.2) is 9.78 Å². The molecule has 0 fully saturated rings. The van der Waals surface area contributed by atoms with E-state index in [1.165, 1.54) is 18.3 Å². The summed E-state index contributed by atoms with van der Waals surface area (Å²) in [5, 5.41) is 12.0. The predicted molar refractivity (Wildman–Crippen MR) is 79.8 cm³/mol. The average molecular weight is 319 g/mol. The number of carbonyl (C=O) groups is 2. The van der Waals surface area contributed by atoms with E-state index in [2.05, 4.69) is 10.3 Å². The van der Waals surface area contributed by atoms with Crippen LogP contribution in [0.4, 0.5) is 5.69 Å². The van der Waals surface area contributed by atoms with Gasteiger partial charge in [0.1, 0.15) is 11.4 Å². The van der Waals surface area contributed by atoms with Crippen LogP contribution in [0, 0.1) is 0 Å². The topological polar surface area (TPSA) is 88.5 Å². The quantitative estimate of drug-likeness (QED) is 0.908. The Morgan fingerprint density at radius 1 is 1.27 bits per heavy atom. The molecule has 1 aromatic heterocycles. The monoisotopic (exact) mass is 318 g/mol. The first-order valence-corrected chi connectivity index (χ1v) is 6.89. The fraction of sp³-hybridized carbons (Fsp3) is 0.133. The van der Waals surface area contributed by atoms with Gasteiger partial charge in [0.25, 0.3) is 5.91 Å². The van der Waals surface area contributed by atoms with Crippen LogP contribution in [0.15, 0.2) is 30.5 Å².